The number of methoxy groups -OCH3 is 1. The maximum atomic E-state index is 9.82. The van der Waals surface area contributed by atoms with Crippen LogP contribution >= 0.6 is 0 Å². The summed E-state index contributed by atoms with van der Waals surface area (Å²) < 4.78 is 9.78. The number of ether oxygens (including phenoxy) is 2. The Morgan fingerprint density at radius 3 is 2.47 bits per heavy atom. The molecule has 1 aliphatic heterocycles. The van der Waals surface area contributed by atoms with Crippen molar-refractivity contribution >= 4 is 0 Å². The van der Waals surface area contributed by atoms with Gasteiger partial charge >= 0.3 is 0 Å². The summed E-state index contributed by atoms with van der Waals surface area (Å²) in [4.78, 5) is 0. The summed E-state index contributed by atoms with van der Waals surface area (Å²) in [5, 5.41) is 37.8. The van der Waals surface area contributed by atoms with Crippen LogP contribution in [0.25, 0.3) is 0 Å². The van der Waals surface area contributed by atoms with Gasteiger partial charge in [-0.25, -0.2) is 0 Å². The number of aliphatic hydroxyl groups excluding tert-OH is 4. The van der Waals surface area contributed by atoms with Gasteiger partial charge in [-0.15, -0.1) is 6.58 Å². The highest BCUT2D eigenvalue weighted by Gasteiger charge is 2.52. The predicted molar refractivity (Wildman–Crippen MR) is 49.9 cm³/mol. The largest absolute Gasteiger partial charge is 0.393 e. The average Bonchev–Trinajstić information content (AvgIpc) is 2.25. The minimum Gasteiger partial charge on any atom is -0.393 e. The second kappa shape index (κ2) is 4.56. The molecule has 1 heterocycles. The third kappa shape index (κ3) is 1.92. The van der Waals surface area contributed by atoms with Gasteiger partial charge in [0.2, 0.25) is 0 Å². The molecule has 1 fully saturated rings. The van der Waals surface area contributed by atoms with Crippen molar-refractivity contribution in [1.82, 2.24) is 0 Å². The molecule has 0 aromatic heterocycles. The summed E-state index contributed by atoms with van der Waals surface area (Å²) in [5.74, 6) is 0. The van der Waals surface area contributed by atoms with Gasteiger partial charge in [0.05, 0.1) is 6.61 Å². The molecule has 0 aliphatic carbocycles. The second-order valence-electron chi connectivity index (χ2n) is 3.46. The maximum absolute atomic E-state index is 9.82. The smallest absolute Gasteiger partial charge is 0.184 e. The van der Waals surface area contributed by atoms with Gasteiger partial charge in [-0.3, -0.25) is 0 Å². The van der Waals surface area contributed by atoms with Gasteiger partial charge in [0.1, 0.15) is 23.9 Å². The zero-order valence-electron chi connectivity index (χ0n) is 8.41. The lowest BCUT2D eigenvalue weighted by molar-refractivity contribution is -0.315. The van der Waals surface area contributed by atoms with E-state index in [-0.39, 0.29) is 0 Å². The topological polar surface area (TPSA) is 99.4 Å². The molecule has 0 aromatic carbocycles. The van der Waals surface area contributed by atoms with E-state index in [1.807, 2.05) is 0 Å². The Morgan fingerprint density at radius 1 is 1.47 bits per heavy atom. The van der Waals surface area contributed by atoms with E-state index in [2.05, 4.69) is 6.58 Å². The molecule has 5 atom stereocenters. The van der Waals surface area contributed by atoms with E-state index < -0.39 is 36.8 Å². The number of rotatable bonds is 3. The van der Waals surface area contributed by atoms with Crippen LogP contribution < -0.4 is 0 Å². The highest BCUT2D eigenvalue weighted by Crippen LogP contribution is 2.31. The van der Waals surface area contributed by atoms with Crippen LogP contribution in [0.1, 0.15) is 0 Å². The molecular formula is C9H16O6. The molecule has 0 spiro atoms. The Hall–Kier alpha value is -0.500. The molecule has 1 rings (SSSR count). The second-order valence-corrected chi connectivity index (χ2v) is 3.46. The number of aliphatic hydroxyl groups is 4. The van der Waals surface area contributed by atoms with E-state index in [4.69, 9.17) is 14.6 Å². The fourth-order valence-electron chi connectivity index (χ4n) is 1.62. The zero-order chi connectivity index (χ0) is 11.6. The molecule has 0 saturated carbocycles. The van der Waals surface area contributed by atoms with Crippen molar-refractivity contribution in [3.8, 4) is 0 Å². The first-order valence-electron chi connectivity index (χ1n) is 4.51. The molecule has 0 aromatic rings. The fourth-order valence-corrected chi connectivity index (χ4v) is 1.62. The third-order valence-corrected chi connectivity index (χ3v) is 2.65. The molecule has 4 N–H and O–H groups in total. The van der Waals surface area contributed by atoms with E-state index >= 15 is 0 Å². The minimum absolute atomic E-state index is 0.568. The van der Waals surface area contributed by atoms with Crippen LogP contribution in [0.15, 0.2) is 12.7 Å². The lowest BCUT2D eigenvalue weighted by Crippen LogP contribution is -2.65. The Bertz CT molecular complexity index is 233. The number of hydrogen-bond acceptors (Lipinski definition) is 6. The van der Waals surface area contributed by atoms with Gasteiger partial charge < -0.3 is 29.9 Å². The molecular weight excluding hydrogens is 204 g/mol. The first-order chi connectivity index (χ1) is 7.02. The van der Waals surface area contributed by atoms with Crippen molar-refractivity contribution in [2.45, 2.75) is 30.2 Å². The van der Waals surface area contributed by atoms with Gasteiger partial charge in [0.25, 0.3) is 0 Å². The summed E-state index contributed by atoms with van der Waals surface area (Å²) in [5.41, 5.74) is -1.51. The van der Waals surface area contributed by atoms with Crippen molar-refractivity contribution in [3.63, 3.8) is 0 Å². The Morgan fingerprint density at radius 2 is 2.07 bits per heavy atom. The van der Waals surface area contributed by atoms with Crippen LogP contribution in [-0.4, -0.2) is 64.3 Å². The predicted octanol–water partition coefficient (Wildman–Crippen LogP) is -2.01. The van der Waals surface area contributed by atoms with E-state index in [0.717, 1.165) is 0 Å². The molecule has 1 aliphatic rings. The van der Waals surface area contributed by atoms with Crippen molar-refractivity contribution < 1.29 is 29.9 Å². The zero-order valence-corrected chi connectivity index (χ0v) is 8.41. The normalized spacial score (nSPS) is 46.5. The molecule has 0 amide bonds. The highest BCUT2D eigenvalue weighted by molar-refractivity contribution is 5.09. The fraction of sp³-hybridized carbons (Fsp3) is 0.778. The first kappa shape index (κ1) is 12.6. The molecule has 2 unspecified atom stereocenters. The van der Waals surface area contributed by atoms with Crippen molar-refractivity contribution in [2.24, 2.45) is 0 Å². The van der Waals surface area contributed by atoms with Gasteiger partial charge in [0.15, 0.2) is 6.29 Å². The molecule has 0 bridgehead atoms. The average molecular weight is 220 g/mol. The van der Waals surface area contributed by atoms with Crippen molar-refractivity contribution in [2.75, 3.05) is 13.7 Å². The SMILES string of the molecule is C=CC1(CO)O[C@@H](O)C(O)[C@@H](OC)[C@@H]1O. The monoisotopic (exact) mass is 220 g/mol. The standard InChI is InChI=1S/C9H16O6/c1-3-9(4-10)7(12)6(14-2)5(11)8(13)15-9/h3,5-8,10-13H,1,4H2,2H3/t5?,6-,7+,8-,9?/m1/s1. The summed E-state index contributed by atoms with van der Waals surface area (Å²) in [6, 6.07) is 0. The molecule has 88 valence electrons. The highest BCUT2D eigenvalue weighted by atomic mass is 16.7. The Kier molecular flexibility index (Phi) is 3.82. The van der Waals surface area contributed by atoms with Gasteiger partial charge in [0, 0.05) is 7.11 Å². The lowest BCUT2D eigenvalue weighted by atomic mass is 9.87. The van der Waals surface area contributed by atoms with Crippen molar-refractivity contribution in [3.05, 3.63) is 12.7 Å². The van der Waals surface area contributed by atoms with E-state index in [1.54, 1.807) is 0 Å². The van der Waals surface area contributed by atoms with Gasteiger partial charge in [-0.1, -0.05) is 6.08 Å². The number of hydrogen-bond donors (Lipinski definition) is 4. The first-order valence-corrected chi connectivity index (χ1v) is 4.51. The minimum atomic E-state index is -1.54. The quantitative estimate of drug-likeness (QED) is 0.410. The van der Waals surface area contributed by atoms with Crippen LogP contribution in [0.4, 0.5) is 0 Å². The summed E-state index contributed by atoms with van der Waals surface area (Å²) in [7, 11) is 1.28. The van der Waals surface area contributed by atoms with E-state index in [9.17, 15) is 15.3 Å². The van der Waals surface area contributed by atoms with Crippen LogP contribution in [0.2, 0.25) is 0 Å². The maximum Gasteiger partial charge on any atom is 0.184 e. The van der Waals surface area contributed by atoms with Crippen LogP contribution in [0, 0.1) is 0 Å². The molecule has 0 radical (unpaired) electrons. The van der Waals surface area contributed by atoms with Crippen LogP contribution in [0.3, 0.4) is 0 Å². The van der Waals surface area contributed by atoms with Crippen LogP contribution in [-0.2, 0) is 9.47 Å². The molecule has 6 nitrogen and oxygen atoms in total. The van der Waals surface area contributed by atoms with E-state index in [0.29, 0.717) is 0 Å². The summed E-state index contributed by atoms with van der Waals surface area (Å²) >= 11 is 0. The van der Waals surface area contributed by atoms with E-state index in [1.165, 1.54) is 13.2 Å². The van der Waals surface area contributed by atoms with Gasteiger partial charge in [-0.2, -0.15) is 0 Å². The third-order valence-electron chi connectivity index (χ3n) is 2.65. The van der Waals surface area contributed by atoms with Gasteiger partial charge in [-0.05, 0) is 0 Å². The Balaban J connectivity index is 2.98. The molecule has 1 saturated heterocycles. The lowest BCUT2D eigenvalue weighted by Gasteiger charge is -2.46. The summed E-state index contributed by atoms with van der Waals surface area (Å²) in [6.45, 7) is 2.84. The summed E-state index contributed by atoms with van der Waals surface area (Å²) in [6.07, 6.45) is -4.07. The molecule has 6 heteroatoms. The molecule has 15 heavy (non-hydrogen) atoms. The Labute approximate surface area is 87.4 Å². The van der Waals surface area contributed by atoms with Crippen molar-refractivity contribution in [1.29, 1.82) is 0 Å². The van der Waals surface area contributed by atoms with Crippen LogP contribution in [0.5, 0.6) is 0 Å².